The lowest BCUT2D eigenvalue weighted by Gasteiger charge is -2.09. The number of aliphatic hydroxyl groups excluding tert-OH is 1. The fourth-order valence-corrected chi connectivity index (χ4v) is 3.29. The molecule has 0 bridgehead atoms. The van der Waals surface area contributed by atoms with Crippen LogP contribution in [0.25, 0.3) is 0 Å². The Hall–Kier alpha value is -1.19. The van der Waals surface area contributed by atoms with Gasteiger partial charge in [0.15, 0.2) is 0 Å². The van der Waals surface area contributed by atoms with Crippen LogP contribution in [0.5, 0.6) is 0 Å². The van der Waals surface area contributed by atoms with Crippen molar-refractivity contribution in [2.45, 2.75) is 40.7 Å². The van der Waals surface area contributed by atoms with Crippen LogP contribution >= 0.6 is 11.3 Å². The van der Waals surface area contributed by atoms with Gasteiger partial charge in [0.1, 0.15) is 0 Å². The molecule has 1 aromatic carbocycles. The minimum Gasteiger partial charge on any atom is -0.391 e. The number of hydrogen-bond donors (Lipinski definition) is 1. The average molecular weight is 261 g/mol. The lowest BCUT2D eigenvalue weighted by atomic mass is 9.98. The molecular formula is C15H19NOS. The zero-order valence-electron chi connectivity index (χ0n) is 11.4. The smallest absolute Gasteiger partial charge is 0.0975 e. The molecule has 0 fully saturated rings. The second kappa shape index (κ2) is 5.21. The molecule has 0 spiro atoms. The van der Waals surface area contributed by atoms with Crippen molar-refractivity contribution >= 4 is 11.3 Å². The van der Waals surface area contributed by atoms with Crippen LogP contribution in [0.1, 0.15) is 37.8 Å². The first-order valence-electron chi connectivity index (χ1n) is 6.14. The van der Waals surface area contributed by atoms with E-state index in [1.54, 1.807) is 11.3 Å². The Morgan fingerprint density at radius 2 is 1.72 bits per heavy atom. The third kappa shape index (κ3) is 2.62. The van der Waals surface area contributed by atoms with E-state index in [9.17, 15) is 5.11 Å². The summed E-state index contributed by atoms with van der Waals surface area (Å²) in [6, 6.07) is 4.44. The summed E-state index contributed by atoms with van der Waals surface area (Å²) in [5.74, 6) is 0. The van der Waals surface area contributed by atoms with E-state index >= 15 is 0 Å². The molecule has 18 heavy (non-hydrogen) atoms. The Labute approximate surface area is 112 Å². The van der Waals surface area contributed by atoms with Gasteiger partial charge in [-0.25, -0.2) is 4.98 Å². The standard InChI is InChI=1S/C15H19NOS/c1-9-5-10(2)13(11(3)6-9)7-15-16-12(4)14(8-17)18-15/h5-6,17H,7-8H2,1-4H3. The zero-order chi connectivity index (χ0) is 13.3. The first-order valence-corrected chi connectivity index (χ1v) is 6.95. The van der Waals surface area contributed by atoms with Crippen LogP contribution in [0.4, 0.5) is 0 Å². The third-order valence-electron chi connectivity index (χ3n) is 3.25. The Morgan fingerprint density at radius 1 is 1.11 bits per heavy atom. The second-order valence-corrected chi connectivity index (χ2v) is 6.00. The van der Waals surface area contributed by atoms with Crippen LogP contribution in [-0.2, 0) is 13.0 Å². The molecule has 1 N–H and O–H groups in total. The molecular weight excluding hydrogens is 242 g/mol. The van der Waals surface area contributed by atoms with Gasteiger partial charge in [-0.3, -0.25) is 0 Å². The van der Waals surface area contributed by atoms with E-state index in [0.29, 0.717) is 0 Å². The Morgan fingerprint density at radius 3 is 2.22 bits per heavy atom. The zero-order valence-corrected chi connectivity index (χ0v) is 12.2. The maximum absolute atomic E-state index is 9.21. The van der Waals surface area contributed by atoms with Crippen molar-refractivity contribution in [2.24, 2.45) is 0 Å². The molecule has 0 aliphatic carbocycles. The minimum absolute atomic E-state index is 0.0926. The summed E-state index contributed by atoms with van der Waals surface area (Å²) < 4.78 is 0. The summed E-state index contributed by atoms with van der Waals surface area (Å²) in [7, 11) is 0. The largest absolute Gasteiger partial charge is 0.391 e. The van der Waals surface area contributed by atoms with Gasteiger partial charge in [0.25, 0.3) is 0 Å². The molecule has 0 saturated carbocycles. The highest BCUT2D eigenvalue weighted by atomic mass is 32.1. The quantitative estimate of drug-likeness (QED) is 0.918. The van der Waals surface area contributed by atoms with E-state index < -0.39 is 0 Å². The van der Waals surface area contributed by atoms with Gasteiger partial charge in [-0.05, 0) is 44.4 Å². The van der Waals surface area contributed by atoms with E-state index in [2.05, 4.69) is 37.9 Å². The highest BCUT2D eigenvalue weighted by Gasteiger charge is 2.10. The maximum atomic E-state index is 9.21. The van der Waals surface area contributed by atoms with Crippen LogP contribution in [-0.4, -0.2) is 10.1 Å². The molecule has 1 aromatic heterocycles. The highest BCUT2D eigenvalue weighted by molar-refractivity contribution is 7.11. The molecule has 0 aliphatic rings. The molecule has 0 aliphatic heterocycles. The minimum atomic E-state index is 0.0926. The van der Waals surface area contributed by atoms with Crippen LogP contribution in [0, 0.1) is 27.7 Å². The predicted molar refractivity (Wildman–Crippen MR) is 76.2 cm³/mol. The van der Waals surface area contributed by atoms with Gasteiger partial charge >= 0.3 is 0 Å². The fourth-order valence-electron chi connectivity index (χ4n) is 2.35. The summed E-state index contributed by atoms with van der Waals surface area (Å²) in [4.78, 5) is 5.52. The maximum Gasteiger partial charge on any atom is 0.0975 e. The van der Waals surface area contributed by atoms with Crippen molar-refractivity contribution in [2.75, 3.05) is 0 Å². The van der Waals surface area contributed by atoms with E-state index in [1.165, 1.54) is 22.3 Å². The van der Waals surface area contributed by atoms with Crippen molar-refractivity contribution < 1.29 is 5.11 Å². The molecule has 0 unspecified atom stereocenters. The normalized spacial score (nSPS) is 10.9. The third-order valence-corrected chi connectivity index (χ3v) is 4.39. The fraction of sp³-hybridized carbons (Fsp3) is 0.400. The van der Waals surface area contributed by atoms with Gasteiger partial charge in [-0.2, -0.15) is 0 Å². The second-order valence-electron chi connectivity index (χ2n) is 4.83. The number of rotatable bonds is 3. The van der Waals surface area contributed by atoms with E-state index in [-0.39, 0.29) is 6.61 Å². The summed E-state index contributed by atoms with van der Waals surface area (Å²) in [6.45, 7) is 8.49. The molecule has 2 aromatic rings. The Bertz CT molecular complexity index is 549. The number of aromatic nitrogens is 1. The summed E-state index contributed by atoms with van der Waals surface area (Å²) in [5.41, 5.74) is 6.27. The summed E-state index contributed by atoms with van der Waals surface area (Å²) in [5, 5.41) is 10.3. The Balaban J connectivity index is 2.33. The first-order chi connectivity index (χ1) is 8.51. The number of hydrogen-bond acceptors (Lipinski definition) is 3. The summed E-state index contributed by atoms with van der Waals surface area (Å²) in [6.07, 6.45) is 0.865. The van der Waals surface area contributed by atoms with Crippen molar-refractivity contribution in [3.63, 3.8) is 0 Å². The lowest BCUT2D eigenvalue weighted by molar-refractivity contribution is 0.284. The van der Waals surface area contributed by atoms with Crippen molar-refractivity contribution in [3.05, 3.63) is 50.0 Å². The number of benzene rings is 1. The molecule has 0 amide bonds. The van der Waals surface area contributed by atoms with Crippen LogP contribution in [0.2, 0.25) is 0 Å². The SMILES string of the molecule is Cc1cc(C)c(Cc2nc(C)c(CO)s2)c(C)c1. The van der Waals surface area contributed by atoms with Crippen LogP contribution < -0.4 is 0 Å². The van der Waals surface area contributed by atoms with Crippen molar-refractivity contribution in [3.8, 4) is 0 Å². The molecule has 3 heteroatoms. The van der Waals surface area contributed by atoms with Crippen molar-refractivity contribution in [1.82, 2.24) is 4.98 Å². The number of aliphatic hydroxyl groups is 1. The van der Waals surface area contributed by atoms with Gasteiger partial charge in [0.05, 0.1) is 22.2 Å². The molecule has 96 valence electrons. The lowest BCUT2D eigenvalue weighted by Crippen LogP contribution is -1.96. The van der Waals surface area contributed by atoms with E-state index in [1.807, 2.05) is 6.92 Å². The predicted octanol–water partition coefficient (Wildman–Crippen LogP) is 3.46. The molecule has 2 nitrogen and oxygen atoms in total. The van der Waals surface area contributed by atoms with Crippen molar-refractivity contribution in [1.29, 1.82) is 0 Å². The first kappa shape index (κ1) is 13.2. The van der Waals surface area contributed by atoms with Gasteiger partial charge in [0, 0.05) is 6.42 Å². The van der Waals surface area contributed by atoms with Gasteiger partial charge in [0.2, 0.25) is 0 Å². The monoisotopic (exact) mass is 261 g/mol. The van der Waals surface area contributed by atoms with E-state index in [4.69, 9.17) is 0 Å². The van der Waals surface area contributed by atoms with Crippen LogP contribution in [0.15, 0.2) is 12.1 Å². The topological polar surface area (TPSA) is 33.1 Å². The molecule has 2 rings (SSSR count). The van der Waals surface area contributed by atoms with Gasteiger partial charge in [-0.15, -0.1) is 11.3 Å². The summed E-state index contributed by atoms with van der Waals surface area (Å²) >= 11 is 1.61. The number of aryl methyl sites for hydroxylation is 4. The Kier molecular flexibility index (Phi) is 3.83. The molecule has 0 saturated heterocycles. The highest BCUT2D eigenvalue weighted by Crippen LogP contribution is 2.24. The van der Waals surface area contributed by atoms with Crippen LogP contribution in [0.3, 0.4) is 0 Å². The number of thiazole rings is 1. The van der Waals surface area contributed by atoms with E-state index in [0.717, 1.165) is 22.0 Å². The number of nitrogens with zero attached hydrogens (tertiary/aromatic N) is 1. The molecule has 0 atom stereocenters. The molecule has 1 heterocycles. The average Bonchev–Trinajstić information content (AvgIpc) is 2.64. The van der Waals surface area contributed by atoms with Gasteiger partial charge < -0.3 is 5.11 Å². The molecule has 0 radical (unpaired) electrons. The van der Waals surface area contributed by atoms with Gasteiger partial charge in [-0.1, -0.05) is 17.7 Å².